The molecule has 0 amide bonds. The van der Waals surface area contributed by atoms with Crippen LogP contribution in [0.15, 0.2) is 34.7 Å². The van der Waals surface area contributed by atoms with E-state index in [1.165, 1.54) is 18.2 Å². The van der Waals surface area contributed by atoms with Crippen LogP contribution in [0.2, 0.25) is 0 Å². The quantitative estimate of drug-likeness (QED) is 0.378. The van der Waals surface area contributed by atoms with Gasteiger partial charge >= 0.3 is 6.36 Å². The second kappa shape index (κ2) is 10.6. The van der Waals surface area contributed by atoms with Gasteiger partial charge in [-0.2, -0.15) is 9.37 Å². The van der Waals surface area contributed by atoms with Crippen LogP contribution in [-0.2, 0) is 6.54 Å². The number of oxazole rings is 1. The zero-order valence-corrected chi connectivity index (χ0v) is 19.5. The van der Waals surface area contributed by atoms with Gasteiger partial charge in [-0.15, -0.1) is 13.2 Å². The van der Waals surface area contributed by atoms with E-state index in [9.17, 15) is 17.6 Å². The van der Waals surface area contributed by atoms with E-state index in [-0.39, 0.29) is 34.8 Å². The molecule has 0 atom stereocenters. The Morgan fingerprint density at radius 1 is 1.06 bits per heavy atom. The predicted molar refractivity (Wildman–Crippen MR) is 121 cm³/mol. The second-order valence-electron chi connectivity index (χ2n) is 8.16. The lowest BCUT2D eigenvalue weighted by Crippen LogP contribution is -2.38. The summed E-state index contributed by atoms with van der Waals surface area (Å²) in [4.78, 5) is 6.50. The third kappa shape index (κ3) is 6.47. The molecule has 0 spiro atoms. The number of aromatic nitrogens is 1. The van der Waals surface area contributed by atoms with Gasteiger partial charge in [-0.1, -0.05) is 0 Å². The van der Waals surface area contributed by atoms with E-state index < -0.39 is 12.2 Å². The fourth-order valence-corrected chi connectivity index (χ4v) is 4.07. The molecule has 1 aliphatic heterocycles. The number of anilines is 1. The van der Waals surface area contributed by atoms with Crippen molar-refractivity contribution < 1.29 is 36.2 Å². The highest BCUT2D eigenvalue weighted by Crippen LogP contribution is 2.31. The monoisotopic (exact) mass is 497 g/mol. The van der Waals surface area contributed by atoms with E-state index in [2.05, 4.69) is 19.9 Å². The van der Waals surface area contributed by atoms with Gasteiger partial charge in [0, 0.05) is 31.7 Å². The second-order valence-corrected chi connectivity index (χ2v) is 8.16. The molecule has 0 saturated carbocycles. The maximum absolute atomic E-state index is 14.5. The summed E-state index contributed by atoms with van der Waals surface area (Å²) in [5.74, 6) is -0.468. The number of halogens is 4. The number of piperidine rings is 1. The van der Waals surface area contributed by atoms with E-state index in [4.69, 9.17) is 13.9 Å². The molecule has 0 bridgehead atoms. The summed E-state index contributed by atoms with van der Waals surface area (Å²) in [6, 6.07) is 7.54. The highest BCUT2D eigenvalue weighted by Gasteiger charge is 2.31. The summed E-state index contributed by atoms with van der Waals surface area (Å²) in [5, 5.41) is 3.22. The first-order chi connectivity index (χ1) is 16.7. The molecule has 11 heteroatoms. The van der Waals surface area contributed by atoms with Crippen LogP contribution in [0, 0.1) is 5.82 Å². The van der Waals surface area contributed by atoms with Gasteiger partial charge in [0.1, 0.15) is 11.3 Å². The number of hydrogen-bond acceptors (Lipinski definition) is 7. The molecule has 7 nitrogen and oxygen atoms in total. The van der Waals surface area contributed by atoms with Crippen molar-refractivity contribution in [1.29, 1.82) is 0 Å². The largest absolute Gasteiger partial charge is 0.573 e. The van der Waals surface area contributed by atoms with Gasteiger partial charge in [0.2, 0.25) is 5.82 Å². The summed E-state index contributed by atoms with van der Waals surface area (Å²) in [5.41, 5.74) is 1.55. The Morgan fingerprint density at radius 3 is 2.31 bits per heavy atom. The number of alkyl halides is 3. The molecule has 1 fully saturated rings. The van der Waals surface area contributed by atoms with Gasteiger partial charge in [-0.3, -0.25) is 4.90 Å². The average Bonchev–Trinajstić information content (AvgIpc) is 3.19. The Balaban J connectivity index is 1.35. The van der Waals surface area contributed by atoms with Crippen molar-refractivity contribution in [3.05, 3.63) is 41.7 Å². The van der Waals surface area contributed by atoms with E-state index in [0.717, 1.165) is 31.5 Å². The lowest BCUT2D eigenvalue weighted by atomic mass is 10.0. The lowest BCUT2D eigenvalue weighted by molar-refractivity contribution is -0.274. The summed E-state index contributed by atoms with van der Waals surface area (Å²) in [7, 11) is 0. The summed E-state index contributed by atoms with van der Waals surface area (Å²) in [6.45, 7) is 6.51. The number of fused-ring (bicyclic) bond motifs is 1. The summed E-state index contributed by atoms with van der Waals surface area (Å²) < 4.78 is 72.2. The van der Waals surface area contributed by atoms with Gasteiger partial charge in [0.15, 0.2) is 17.1 Å². The van der Waals surface area contributed by atoms with E-state index in [0.29, 0.717) is 25.3 Å². The maximum atomic E-state index is 14.5. The molecule has 0 aliphatic carbocycles. The highest BCUT2D eigenvalue weighted by molar-refractivity contribution is 5.76. The Morgan fingerprint density at radius 2 is 1.71 bits per heavy atom. The van der Waals surface area contributed by atoms with E-state index in [1.807, 2.05) is 0 Å². The van der Waals surface area contributed by atoms with Crippen molar-refractivity contribution in [1.82, 2.24) is 9.88 Å². The minimum Gasteiger partial charge on any atom is -0.491 e. The van der Waals surface area contributed by atoms with Crippen molar-refractivity contribution >= 4 is 17.1 Å². The zero-order chi connectivity index (χ0) is 25.0. The smallest absolute Gasteiger partial charge is 0.491 e. The van der Waals surface area contributed by atoms with Crippen LogP contribution in [-0.4, -0.2) is 48.6 Å². The van der Waals surface area contributed by atoms with Crippen molar-refractivity contribution in [2.24, 2.45) is 0 Å². The highest BCUT2D eigenvalue weighted by atomic mass is 19.4. The number of likely N-dealkylation sites (tertiary alicyclic amines) is 1. The first-order valence-electron chi connectivity index (χ1n) is 11.5. The normalized spacial score (nSPS) is 15.4. The Bertz CT molecular complexity index is 1120. The van der Waals surface area contributed by atoms with Crippen LogP contribution in [0.3, 0.4) is 0 Å². The molecule has 0 unspecified atom stereocenters. The molecule has 1 aliphatic rings. The van der Waals surface area contributed by atoms with Crippen LogP contribution < -0.4 is 19.5 Å². The minimum absolute atomic E-state index is 0.0939. The van der Waals surface area contributed by atoms with Gasteiger partial charge in [0.25, 0.3) is 6.01 Å². The summed E-state index contributed by atoms with van der Waals surface area (Å²) in [6.07, 6.45) is -3.16. The van der Waals surface area contributed by atoms with Crippen molar-refractivity contribution in [2.75, 3.05) is 31.6 Å². The molecule has 35 heavy (non-hydrogen) atoms. The lowest BCUT2D eigenvalue weighted by Gasteiger charge is -2.32. The average molecular weight is 497 g/mol. The third-order valence-electron chi connectivity index (χ3n) is 5.58. The number of nitrogens with one attached hydrogen (secondary N) is 1. The Kier molecular flexibility index (Phi) is 7.54. The van der Waals surface area contributed by atoms with Crippen LogP contribution in [0.4, 0.5) is 23.6 Å². The van der Waals surface area contributed by atoms with Crippen LogP contribution >= 0.6 is 0 Å². The molecule has 190 valence electrons. The molecule has 1 saturated heterocycles. The molecule has 3 aromatic rings. The van der Waals surface area contributed by atoms with Gasteiger partial charge in [-0.05, 0) is 56.5 Å². The number of ether oxygens (including phenoxy) is 3. The van der Waals surface area contributed by atoms with Gasteiger partial charge < -0.3 is 23.9 Å². The van der Waals surface area contributed by atoms with Crippen molar-refractivity contribution in [2.45, 2.75) is 45.6 Å². The van der Waals surface area contributed by atoms with Gasteiger partial charge in [-0.25, -0.2) is 0 Å². The molecule has 1 aromatic heterocycles. The van der Waals surface area contributed by atoms with Crippen LogP contribution in [0.5, 0.6) is 17.2 Å². The van der Waals surface area contributed by atoms with Crippen molar-refractivity contribution in [3.63, 3.8) is 0 Å². The van der Waals surface area contributed by atoms with Gasteiger partial charge in [0.05, 0.1) is 13.2 Å². The summed E-state index contributed by atoms with van der Waals surface area (Å²) >= 11 is 0. The number of nitrogens with zero attached hydrogens (tertiary/aromatic N) is 2. The molecule has 4 rings (SSSR count). The zero-order valence-electron chi connectivity index (χ0n) is 19.5. The predicted octanol–water partition coefficient (Wildman–Crippen LogP) is 5.74. The molecule has 1 N–H and O–H groups in total. The topological polar surface area (TPSA) is 69.0 Å². The van der Waals surface area contributed by atoms with Crippen LogP contribution in [0.1, 0.15) is 32.3 Å². The Labute approximate surface area is 200 Å². The molecule has 2 aromatic carbocycles. The number of rotatable bonds is 9. The first kappa shape index (κ1) is 24.9. The fourth-order valence-electron chi connectivity index (χ4n) is 4.07. The fraction of sp³-hybridized carbons (Fsp3) is 0.458. The molecular formula is C24H27F4N3O4. The van der Waals surface area contributed by atoms with E-state index >= 15 is 0 Å². The SMILES string of the molecule is CCOc1cc(CN2CCC(Nc3nc4cc(OC(F)(F)F)ccc4o3)CC2)cc(OCC)c1F. The van der Waals surface area contributed by atoms with Crippen LogP contribution in [0.25, 0.3) is 11.1 Å². The van der Waals surface area contributed by atoms with Crippen molar-refractivity contribution in [3.8, 4) is 17.2 Å². The number of hydrogen-bond donors (Lipinski definition) is 1. The first-order valence-corrected chi connectivity index (χ1v) is 11.5. The Hall–Kier alpha value is -3.21. The molecule has 0 radical (unpaired) electrons. The molecular weight excluding hydrogens is 470 g/mol. The van der Waals surface area contributed by atoms with E-state index in [1.54, 1.807) is 26.0 Å². The maximum Gasteiger partial charge on any atom is 0.573 e. The standard InChI is InChI=1S/C24H27F4N3O4/c1-3-32-20-11-15(12-21(22(20)25)33-4-2)14-31-9-7-16(8-10-31)29-23-30-18-13-17(35-24(26,27)28)5-6-19(18)34-23/h5-6,11-13,16H,3-4,7-10,14H2,1-2H3,(H,29,30). The third-order valence-corrected chi connectivity index (χ3v) is 5.58. The molecule has 2 heterocycles. The minimum atomic E-state index is -4.77. The number of benzene rings is 2.